The highest BCUT2D eigenvalue weighted by atomic mass is 16.1. The van der Waals surface area contributed by atoms with Crippen molar-refractivity contribution in [3.05, 3.63) is 65.1 Å². The van der Waals surface area contributed by atoms with E-state index >= 15 is 0 Å². The van der Waals surface area contributed by atoms with Crippen molar-refractivity contribution < 1.29 is 0 Å². The number of pyridine rings is 1. The van der Waals surface area contributed by atoms with Gasteiger partial charge in [0.1, 0.15) is 5.82 Å². The predicted octanol–water partition coefficient (Wildman–Crippen LogP) is 2.32. The largest absolute Gasteiger partial charge is 0.355 e. The third-order valence-electron chi connectivity index (χ3n) is 4.95. The number of aryl methyl sites for hydroxylation is 1. The van der Waals surface area contributed by atoms with Gasteiger partial charge in [0.2, 0.25) is 0 Å². The van der Waals surface area contributed by atoms with Crippen LogP contribution in [0.15, 0.2) is 53.8 Å². The first kappa shape index (κ1) is 17.3. The molecule has 1 aliphatic heterocycles. The molecule has 0 atom stereocenters. The molecule has 0 radical (unpaired) electrons. The quantitative estimate of drug-likeness (QED) is 0.709. The van der Waals surface area contributed by atoms with Crippen molar-refractivity contribution in [1.82, 2.24) is 24.7 Å². The lowest BCUT2D eigenvalue weighted by atomic mass is 9.97. The highest BCUT2D eigenvalue weighted by Gasteiger charge is 2.21. The van der Waals surface area contributed by atoms with Gasteiger partial charge in [0.25, 0.3) is 5.56 Å². The highest BCUT2D eigenvalue weighted by Crippen LogP contribution is 2.22. The van der Waals surface area contributed by atoms with Gasteiger partial charge in [-0.1, -0.05) is 0 Å². The molecule has 7 heteroatoms. The molecule has 0 aliphatic carbocycles. The number of anilines is 1. The lowest BCUT2D eigenvalue weighted by Gasteiger charge is -2.32. The van der Waals surface area contributed by atoms with Gasteiger partial charge in [-0.25, -0.2) is 9.67 Å². The average Bonchev–Trinajstić information content (AvgIpc) is 2.71. The molecule has 27 heavy (non-hydrogen) atoms. The summed E-state index contributed by atoms with van der Waals surface area (Å²) in [4.78, 5) is 27.3. The van der Waals surface area contributed by atoms with E-state index in [4.69, 9.17) is 0 Å². The van der Waals surface area contributed by atoms with Crippen LogP contribution in [0.25, 0.3) is 11.3 Å². The zero-order chi connectivity index (χ0) is 18.6. The van der Waals surface area contributed by atoms with Crippen LogP contribution in [-0.4, -0.2) is 37.8 Å². The third-order valence-corrected chi connectivity index (χ3v) is 4.95. The Hall–Kier alpha value is -3.09. The summed E-state index contributed by atoms with van der Waals surface area (Å²) in [5.74, 6) is 1.36. The first-order valence-corrected chi connectivity index (χ1v) is 9.21. The smallest absolute Gasteiger partial charge is 0.266 e. The summed E-state index contributed by atoms with van der Waals surface area (Å²) in [5.41, 5.74) is 2.63. The van der Waals surface area contributed by atoms with Gasteiger partial charge < -0.3 is 4.90 Å². The SMILES string of the molecule is Cc1cncc(N2CCC(Cn3nc(-c4ccncc4)ccc3=O)CC2)n1. The fourth-order valence-electron chi connectivity index (χ4n) is 3.45. The highest BCUT2D eigenvalue weighted by molar-refractivity contribution is 5.57. The van der Waals surface area contributed by atoms with Crippen LogP contribution in [0.5, 0.6) is 0 Å². The number of rotatable bonds is 4. The first-order valence-electron chi connectivity index (χ1n) is 9.21. The summed E-state index contributed by atoms with van der Waals surface area (Å²) in [6.45, 7) is 4.44. The van der Waals surface area contributed by atoms with Gasteiger partial charge in [-0.3, -0.25) is 14.8 Å². The number of piperidine rings is 1. The molecule has 1 fully saturated rings. The van der Waals surface area contributed by atoms with E-state index in [2.05, 4.69) is 25.0 Å². The fraction of sp³-hybridized carbons (Fsp3) is 0.350. The molecule has 0 bridgehead atoms. The number of aromatic nitrogens is 5. The lowest BCUT2D eigenvalue weighted by Crippen LogP contribution is -2.37. The van der Waals surface area contributed by atoms with Gasteiger partial charge in [0, 0.05) is 49.9 Å². The molecule has 0 aromatic carbocycles. The average molecular weight is 362 g/mol. The molecule has 138 valence electrons. The maximum Gasteiger partial charge on any atom is 0.266 e. The van der Waals surface area contributed by atoms with E-state index in [1.54, 1.807) is 35.4 Å². The molecule has 7 nitrogen and oxygen atoms in total. The van der Waals surface area contributed by atoms with Crippen LogP contribution in [-0.2, 0) is 6.54 Å². The van der Waals surface area contributed by atoms with Crippen molar-refractivity contribution in [1.29, 1.82) is 0 Å². The third kappa shape index (κ3) is 4.02. The first-order chi connectivity index (χ1) is 13.2. The second kappa shape index (κ2) is 7.65. The van der Waals surface area contributed by atoms with Crippen LogP contribution in [0, 0.1) is 12.8 Å². The molecule has 0 unspecified atom stereocenters. The molecule has 4 heterocycles. The van der Waals surface area contributed by atoms with E-state index in [1.807, 2.05) is 25.3 Å². The summed E-state index contributed by atoms with van der Waals surface area (Å²) < 4.78 is 1.60. The normalized spacial score (nSPS) is 15.1. The Morgan fingerprint density at radius 1 is 1.04 bits per heavy atom. The molecular formula is C20H22N6O. The number of hydrogen-bond donors (Lipinski definition) is 0. The van der Waals surface area contributed by atoms with Gasteiger partial charge in [-0.2, -0.15) is 5.10 Å². The molecule has 0 spiro atoms. The number of nitrogens with zero attached hydrogens (tertiary/aromatic N) is 6. The van der Waals surface area contributed by atoms with Crippen LogP contribution < -0.4 is 10.5 Å². The Bertz CT molecular complexity index is 963. The Morgan fingerprint density at radius 2 is 1.81 bits per heavy atom. The second-order valence-electron chi connectivity index (χ2n) is 6.92. The van der Waals surface area contributed by atoms with E-state index in [1.165, 1.54) is 0 Å². The monoisotopic (exact) mass is 362 g/mol. The Kier molecular flexibility index (Phi) is 4.91. The second-order valence-corrected chi connectivity index (χ2v) is 6.92. The van der Waals surface area contributed by atoms with E-state index < -0.39 is 0 Å². The van der Waals surface area contributed by atoms with E-state index in [-0.39, 0.29) is 5.56 Å². The molecule has 3 aromatic heterocycles. The summed E-state index contributed by atoms with van der Waals surface area (Å²) in [6, 6.07) is 7.17. The fourth-order valence-corrected chi connectivity index (χ4v) is 3.45. The van der Waals surface area contributed by atoms with Crippen LogP contribution in [0.1, 0.15) is 18.5 Å². The summed E-state index contributed by atoms with van der Waals surface area (Å²) >= 11 is 0. The Balaban J connectivity index is 1.44. The molecule has 4 rings (SSSR count). The topological polar surface area (TPSA) is 76.8 Å². The Morgan fingerprint density at radius 3 is 2.56 bits per heavy atom. The number of hydrogen-bond acceptors (Lipinski definition) is 6. The molecule has 0 N–H and O–H groups in total. The molecule has 1 saturated heterocycles. The Labute approximate surface area is 157 Å². The van der Waals surface area contributed by atoms with Crippen LogP contribution in [0.3, 0.4) is 0 Å². The minimum Gasteiger partial charge on any atom is -0.355 e. The maximum absolute atomic E-state index is 12.3. The molecule has 0 saturated carbocycles. The van der Waals surface area contributed by atoms with Crippen LogP contribution >= 0.6 is 0 Å². The van der Waals surface area contributed by atoms with Gasteiger partial charge in [-0.05, 0) is 43.9 Å². The van der Waals surface area contributed by atoms with E-state index in [0.29, 0.717) is 12.5 Å². The molecular weight excluding hydrogens is 340 g/mol. The van der Waals surface area contributed by atoms with E-state index in [9.17, 15) is 4.79 Å². The van der Waals surface area contributed by atoms with E-state index in [0.717, 1.165) is 48.7 Å². The van der Waals surface area contributed by atoms with Gasteiger partial charge in [-0.15, -0.1) is 0 Å². The summed E-state index contributed by atoms with van der Waals surface area (Å²) in [6.07, 6.45) is 9.06. The van der Waals surface area contributed by atoms with Crippen LogP contribution in [0.2, 0.25) is 0 Å². The van der Waals surface area contributed by atoms with Gasteiger partial charge in [0.15, 0.2) is 0 Å². The maximum atomic E-state index is 12.3. The van der Waals surface area contributed by atoms with Crippen molar-refractivity contribution in [2.45, 2.75) is 26.3 Å². The van der Waals surface area contributed by atoms with Crippen molar-refractivity contribution in [2.75, 3.05) is 18.0 Å². The molecule has 3 aromatic rings. The zero-order valence-corrected chi connectivity index (χ0v) is 15.3. The van der Waals surface area contributed by atoms with Gasteiger partial charge in [0.05, 0.1) is 17.6 Å². The van der Waals surface area contributed by atoms with Gasteiger partial charge >= 0.3 is 0 Å². The van der Waals surface area contributed by atoms with Crippen molar-refractivity contribution in [3.8, 4) is 11.3 Å². The van der Waals surface area contributed by atoms with Crippen molar-refractivity contribution in [3.63, 3.8) is 0 Å². The molecule has 0 amide bonds. The summed E-state index contributed by atoms with van der Waals surface area (Å²) in [7, 11) is 0. The van der Waals surface area contributed by atoms with Crippen LogP contribution in [0.4, 0.5) is 5.82 Å². The molecule has 1 aliphatic rings. The zero-order valence-electron chi connectivity index (χ0n) is 15.3. The standard InChI is InChI=1S/C20H22N6O/c1-15-12-22-13-19(23-15)25-10-6-16(7-11-25)14-26-20(27)3-2-18(24-26)17-4-8-21-9-5-17/h2-5,8-9,12-13,16H,6-7,10-11,14H2,1H3. The van der Waals surface area contributed by atoms with Crippen molar-refractivity contribution in [2.24, 2.45) is 5.92 Å². The lowest BCUT2D eigenvalue weighted by molar-refractivity contribution is 0.335. The summed E-state index contributed by atoms with van der Waals surface area (Å²) in [5, 5.41) is 4.57. The van der Waals surface area contributed by atoms with Crippen molar-refractivity contribution >= 4 is 5.82 Å². The minimum atomic E-state index is -0.0558. The predicted molar refractivity (Wildman–Crippen MR) is 103 cm³/mol. The minimum absolute atomic E-state index is 0.0558.